The van der Waals surface area contributed by atoms with E-state index in [0.29, 0.717) is 0 Å². The minimum atomic E-state index is 0.767. The molecular weight excluding hydrogens is 252 g/mol. The Morgan fingerprint density at radius 2 is 2.20 bits per heavy atom. The summed E-state index contributed by atoms with van der Waals surface area (Å²) in [6.45, 7) is 1.04. The van der Waals surface area contributed by atoms with E-state index in [9.17, 15) is 0 Å². The van der Waals surface area contributed by atoms with E-state index in [-0.39, 0.29) is 0 Å². The highest BCUT2D eigenvalue weighted by molar-refractivity contribution is 5.64. The number of nitrogens with one attached hydrogen (secondary N) is 1. The Morgan fingerprint density at radius 3 is 3.00 bits per heavy atom. The molecule has 0 aliphatic heterocycles. The van der Waals surface area contributed by atoms with Gasteiger partial charge in [0.2, 0.25) is 0 Å². The number of aryl methyl sites for hydroxylation is 1. The van der Waals surface area contributed by atoms with Crippen LogP contribution >= 0.6 is 0 Å². The lowest BCUT2D eigenvalue weighted by molar-refractivity contribution is 0.413. The Kier molecular flexibility index (Phi) is 4.02. The van der Waals surface area contributed by atoms with Gasteiger partial charge in [-0.15, -0.1) is 0 Å². The number of aromatic nitrogens is 1. The number of benzene rings is 1. The van der Waals surface area contributed by atoms with Crippen LogP contribution in [-0.4, -0.2) is 24.7 Å². The average molecular weight is 272 g/mol. The summed E-state index contributed by atoms with van der Waals surface area (Å²) in [5.74, 6) is 2.38. The molecule has 0 spiro atoms. The van der Waals surface area contributed by atoms with Gasteiger partial charge in [0, 0.05) is 12.5 Å². The molecule has 0 unspecified atom stereocenters. The standard InChI is InChI=1S/C16H20N2O2/c1-19-14-6-3-2-5-13(14)15-11-18-16(20-15)7-4-10-17-12-8-9-12/h2-3,5-6,11-12,17H,4,7-10H2,1H3. The molecule has 0 bridgehead atoms. The molecule has 1 heterocycles. The number of rotatable bonds is 7. The van der Waals surface area contributed by atoms with Gasteiger partial charge in [-0.1, -0.05) is 12.1 Å². The van der Waals surface area contributed by atoms with E-state index in [4.69, 9.17) is 9.15 Å². The molecule has 1 aromatic carbocycles. The molecule has 1 fully saturated rings. The highest BCUT2D eigenvalue weighted by Gasteiger charge is 2.19. The van der Waals surface area contributed by atoms with Gasteiger partial charge in [-0.05, 0) is 37.9 Å². The summed E-state index contributed by atoms with van der Waals surface area (Å²) < 4.78 is 11.2. The Morgan fingerprint density at radius 1 is 1.35 bits per heavy atom. The van der Waals surface area contributed by atoms with Crippen molar-refractivity contribution in [3.63, 3.8) is 0 Å². The third-order valence-corrected chi connectivity index (χ3v) is 3.50. The smallest absolute Gasteiger partial charge is 0.194 e. The highest BCUT2D eigenvalue weighted by Crippen LogP contribution is 2.30. The number of hydrogen-bond donors (Lipinski definition) is 1. The molecule has 0 atom stereocenters. The van der Waals surface area contributed by atoms with Gasteiger partial charge in [-0.25, -0.2) is 4.98 Å². The monoisotopic (exact) mass is 272 g/mol. The SMILES string of the molecule is COc1ccccc1-c1cnc(CCCNC2CC2)o1. The molecule has 3 rings (SSSR count). The van der Waals surface area contributed by atoms with Gasteiger partial charge in [0.25, 0.3) is 0 Å². The number of para-hydroxylation sites is 1. The lowest BCUT2D eigenvalue weighted by atomic mass is 10.1. The molecule has 1 aliphatic carbocycles. The van der Waals surface area contributed by atoms with Crippen LogP contribution in [0, 0.1) is 0 Å². The molecule has 106 valence electrons. The number of oxazole rings is 1. The third-order valence-electron chi connectivity index (χ3n) is 3.50. The van der Waals surface area contributed by atoms with Crippen LogP contribution in [0.2, 0.25) is 0 Å². The maximum Gasteiger partial charge on any atom is 0.194 e. The molecule has 1 saturated carbocycles. The van der Waals surface area contributed by atoms with Crippen molar-refractivity contribution in [2.24, 2.45) is 0 Å². The Hall–Kier alpha value is -1.81. The summed E-state index contributed by atoms with van der Waals surface area (Å²) in [6, 6.07) is 8.60. The fourth-order valence-corrected chi connectivity index (χ4v) is 2.23. The quantitative estimate of drug-likeness (QED) is 0.787. The van der Waals surface area contributed by atoms with Gasteiger partial charge in [0.15, 0.2) is 11.7 Å². The van der Waals surface area contributed by atoms with Crippen molar-refractivity contribution in [2.75, 3.05) is 13.7 Å². The molecule has 20 heavy (non-hydrogen) atoms. The molecule has 2 aromatic rings. The van der Waals surface area contributed by atoms with Crippen molar-refractivity contribution >= 4 is 0 Å². The van der Waals surface area contributed by atoms with Crippen molar-refractivity contribution in [1.82, 2.24) is 10.3 Å². The van der Waals surface area contributed by atoms with Gasteiger partial charge >= 0.3 is 0 Å². The average Bonchev–Trinajstić information content (AvgIpc) is 3.20. The Labute approximate surface area is 119 Å². The molecule has 0 radical (unpaired) electrons. The second kappa shape index (κ2) is 6.09. The first-order chi connectivity index (χ1) is 9.86. The van der Waals surface area contributed by atoms with Gasteiger partial charge in [0.05, 0.1) is 18.9 Å². The molecular formula is C16H20N2O2. The maximum absolute atomic E-state index is 5.82. The van der Waals surface area contributed by atoms with Crippen LogP contribution in [0.3, 0.4) is 0 Å². The first kappa shape index (κ1) is 13.2. The van der Waals surface area contributed by atoms with Crippen LogP contribution in [0.1, 0.15) is 25.2 Å². The van der Waals surface area contributed by atoms with Crippen LogP contribution in [0.25, 0.3) is 11.3 Å². The number of nitrogens with zero attached hydrogens (tertiary/aromatic N) is 1. The largest absolute Gasteiger partial charge is 0.496 e. The van der Waals surface area contributed by atoms with Crippen molar-refractivity contribution in [3.8, 4) is 17.1 Å². The van der Waals surface area contributed by atoms with Crippen LogP contribution in [0.15, 0.2) is 34.9 Å². The highest BCUT2D eigenvalue weighted by atomic mass is 16.5. The number of ether oxygens (including phenoxy) is 1. The minimum absolute atomic E-state index is 0.767. The Bertz CT molecular complexity index is 561. The van der Waals surface area contributed by atoms with Crippen molar-refractivity contribution < 1.29 is 9.15 Å². The predicted octanol–water partition coefficient (Wildman–Crippen LogP) is 3.03. The van der Waals surface area contributed by atoms with Crippen LogP contribution < -0.4 is 10.1 Å². The van der Waals surface area contributed by atoms with Crippen LogP contribution in [0.5, 0.6) is 5.75 Å². The first-order valence-corrected chi connectivity index (χ1v) is 7.18. The molecule has 1 aliphatic rings. The van der Waals surface area contributed by atoms with Crippen LogP contribution in [0.4, 0.5) is 0 Å². The second-order valence-corrected chi connectivity index (χ2v) is 5.15. The van der Waals surface area contributed by atoms with E-state index in [1.165, 1.54) is 12.8 Å². The minimum Gasteiger partial charge on any atom is -0.496 e. The molecule has 4 heteroatoms. The fraction of sp³-hybridized carbons (Fsp3) is 0.438. The normalized spacial score (nSPS) is 14.4. The lowest BCUT2D eigenvalue weighted by Crippen LogP contribution is -2.17. The molecule has 1 aromatic heterocycles. The van der Waals surface area contributed by atoms with Crippen molar-refractivity contribution in [1.29, 1.82) is 0 Å². The molecule has 0 amide bonds. The van der Waals surface area contributed by atoms with E-state index < -0.39 is 0 Å². The van der Waals surface area contributed by atoms with E-state index in [2.05, 4.69) is 10.3 Å². The van der Waals surface area contributed by atoms with E-state index in [1.54, 1.807) is 13.3 Å². The topological polar surface area (TPSA) is 47.3 Å². The summed E-state index contributed by atoms with van der Waals surface area (Å²) in [7, 11) is 1.67. The van der Waals surface area contributed by atoms with Gasteiger partial charge in [-0.3, -0.25) is 0 Å². The van der Waals surface area contributed by atoms with Crippen LogP contribution in [-0.2, 0) is 6.42 Å². The lowest BCUT2D eigenvalue weighted by Gasteiger charge is -2.04. The molecule has 0 saturated heterocycles. The summed E-state index contributed by atoms with van der Waals surface area (Å²) in [5.41, 5.74) is 0.949. The zero-order valence-corrected chi connectivity index (χ0v) is 11.8. The van der Waals surface area contributed by atoms with E-state index in [1.807, 2.05) is 24.3 Å². The first-order valence-electron chi connectivity index (χ1n) is 7.18. The van der Waals surface area contributed by atoms with Crippen molar-refractivity contribution in [2.45, 2.75) is 31.7 Å². The fourth-order valence-electron chi connectivity index (χ4n) is 2.23. The maximum atomic E-state index is 5.82. The van der Waals surface area contributed by atoms with Gasteiger partial charge in [-0.2, -0.15) is 0 Å². The summed E-state index contributed by atoms with van der Waals surface area (Å²) >= 11 is 0. The summed E-state index contributed by atoms with van der Waals surface area (Å²) in [5, 5.41) is 3.49. The second-order valence-electron chi connectivity index (χ2n) is 5.15. The predicted molar refractivity (Wildman–Crippen MR) is 77.8 cm³/mol. The van der Waals surface area contributed by atoms with Crippen molar-refractivity contribution in [3.05, 3.63) is 36.4 Å². The summed E-state index contributed by atoms with van der Waals surface area (Å²) in [4.78, 5) is 4.35. The summed E-state index contributed by atoms with van der Waals surface area (Å²) in [6.07, 6.45) is 6.37. The third kappa shape index (κ3) is 3.20. The van der Waals surface area contributed by atoms with Gasteiger partial charge < -0.3 is 14.5 Å². The molecule has 4 nitrogen and oxygen atoms in total. The zero-order chi connectivity index (χ0) is 13.8. The van der Waals surface area contributed by atoms with E-state index in [0.717, 1.165) is 48.4 Å². The van der Waals surface area contributed by atoms with Gasteiger partial charge in [0.1, 0.15) is 5.75 Å². The number of hydrogen-bond acceptors (Lipinski definition) is 4. The Balaban J connectivity index is 1.60. The number of methoxy groups -OCH3 is 1. The zero-order valence-electron chi connectivity index (χ0n) is 11.8. The molecule has 1 N–H and O–H groups in total. The van der Waals surface area contributed by atoms with E-state index >= 15 is 0 Å².